The molecule has 1 amide bonds. The molecule has 1 aromatic carbocycles. The molecular weight excluding hydrogens is 338 g/mol. The van der Waals surface area contributed by atoms with Crippen LogP contribution in [0.2, 0.25) is 0 Å². The molecular formula is C22H29N3O2. The van der Waals surface area contributed by atoms with Crippen LogP contribution in [0.15, 0.2) is 42.7 Å². The Hall–Kier alpha value is -2.14. The normalized spacial score (nSPS) is 22.8. The fourth-order valence-corrected chi connectivity index (χ4v) is 3.87. The Bertz CT molecular complexity index is 754. The first-order chi connectivity index (χ1) is 13.2. The first-order valence-corrected chi connectivity index (χ1v) is 10.2. The van der Waals surface area contributed by atoms with Gasteiger partial charge in [0.05, 0.1) is 30.5 Å². The standard InChI is InChI=1S/C22H29N3O2/c1-2-3-9-20-15-24(16-21(27-20)18-10-11-18)22(26)19-12-23-25(14-19)13-17-7-5-4-6-8-17/h4-8,12,14,18,20-21H,2-3,9-11,13,15-16H2,1H3/t20-,21-/m1/s1. The third kappa shape index (κ3) is 4.59. The van der Waals surface area contributed by atoms with Gasteiger partial charge in [0.1, 0.15) is 0 Å². The van der Waals surface area contributed by atoms with Crippen molar-refractivity contribution in [1.29, 1.82) is 0 Å². The molecule has 5 heteroatoms. The molecule has 2 heterocycles. The number of nitrogens with zero attached hydrogens (tertiary/aromatic N) is 3. The number of benzene rings is 1. The van der Waals surface area contributed by atoms with E-state index in [4.69, 9.17) is 4.74 Å². The van der Waals surface area contributed by atoms with Crippen molar-refractivity contribution in [3.05, 3.63) is 53.9 Å². The predicted molar refractivity (Wildman–Crippen MR) is 105 cm³/mol. The van der Waals surface area contributed by atoms with Crippen LogP contribution < -0.4 is 0 Å². The van der Waals surface area contributed by atoms with Crippen LogP contribution >= 0.6 is 0 Å². The van der Waals surface area contributed by atoms with Crippen molar-refractivity contribution < 1.29 is 9.53 Å². The largest absolute Gasteiger partial charge is 0.371 e. The Kier molecular flexibility index (Phi) is 5.58. The molecule has 1 aromatic heterocycles. The minimum Gasteiger partial charge on any atom is -0.371 e. The van der Waals surface area contributed by atoms with Gasteiger partial charge in [-0.1, -0.05) is 50.1 Å². The van der Waals surface area contributed by atoms with Gasteiger partial charge in [-0.25, -0.2) is 0 Å². The van der Waals surface area contributed by atoms with E-state index >= 15 is 0 Å². The number of morpholine rings is 1. The van der Waals surface area contributed by atoms with Crippen LogP contribution in [0.4, 0.5) is 0 Å². The van der Waals surface area contributed by atoms with Crippen LogP contribution in [0.3, 0.4) is 0 Å². The first-order valence-electron chi connectivity index (χ1n) is 10.2. The highest BCUT2D eigenvalue weighted by Crippen LogP contribution is 2.37. The van der Waals surface area contributed by atoms with Crippen LogP contribution in [0.1, 0.15) is 54.9 Å². The summed E-state index contributed by atoms with van der Waals surface area (Å²) in [6, 6.07) is 10.2. The fourth-order valence-electron chi connectivity index (χ4n) is 3.87. The lowest BCUT2D eigenvalue weighted by Gasteiger charge is -2.38. The van der Waals surface area contributed by atoms with Crippen LogP contribution in [0, 0.1) is 5.92 Å². The van der Waals surface area contributed by atoms with Gasteiger partial charge in [-0.15, -0.1) is 0 Å². The van der Waals surface area contributed by atoms with Crippen LogP contribution in [0.25, 0.3) is 0 Å². The summed E-state index contributed by atoms with van der Waals surface area (Å²) in [6.45, 7) is 4.30. The molecule has 144 valence electrons. The Morgan fingerprint density at radius 1 is 1.22 bits per heavy atom. The van der Waals surface area contributed by atoms with E-state index in [1.54, 1.807) is 6.20 Å². The molecule has 1 saturated carbocycles. The second kappa shape index (κ2) is 8.26. The summed E-state index contributed by atoms with van der Waals surface area (Å²) in [7, 11) is 0. The summed E-state index contributed by atoms with van der Waals surface area (Å²) < 4.78 is 8.14. The van der Waals surface area contributed by atoms with Crippen LogP contribution in [-0.2, 0) is 11.3 Å². The van der Waals surface area contributed by atoms with Gasteiger partial charge >= 0.3 is 0 Å². The van der Waals surface area contributed by atoms with Crippen molar-refractivity contribution in [2.24, 2.45) is 5.92 Å². The van der Waals surface area contributed by atoms with Gasteiger partial charge in [0.25, 0.3) is 5.91 Å². The topological polar surface area (TPSA) is 47.4 Å². The van der Waals surface area contributed by atoms with E-state index in [1.807, 2.05) is 34.0 Å². The maximum atomic E-state index is 13.1. The molecule has 0 radical (unpaired) electrons. The van der Waals surface area contributed by atoms with Gasteiger partial charge in [-0.3, -0.25) is 9.48 Å². The van der Waals surface area contributed by atoms with E-state index in [2.05, 4.69) is 24.2 Å². The van der Waals surface area contributed by atoms with Crippen molar-refractivity contribution in [3.8, 4) is 0 Å². The second-order valence-corrected chi connectivity index (χ2v) is 7.90. The van der Waals surface area contributed by atoms with Crippen molar-refractivity contribution in [2.45, 2.75) is 57.8 Å². The van der Waals surface area contributed by atoms with Crippen molar-refractivity contribution in [3.63, 3.8) is 0 Å². The summed E-state index contributed by atoms with van der Waals surface area (Å²) in [5.74, 6) is 0.732. The molecule has 2 aromatic rings. The molecule has 5 nitrogen and oxygen atoms in total. The Balaban J connectivity index is 1.43. The summed E-state index contributed by atoms with van der Waals surface area (Å²) in [5, 5.41) is 4.40. The summed E-state index contributed by atoms with van der Waals surface area (Å²) in [5.41, 5.74) is 1.86. The smallest absolute Gasteiger partial charge is 0.257 e. The van der Waals surface area contributed by atoms with Crippen LogP contribution in [-0.4, -0.2) is 45.9 Å². The Morgan fingerprint density at radius 3 is 2.78 bits per heavy atom. The number of hydrogen-bond donors (Lipinski definition) is 0. The van der Waals surface area contributed by atoms with Gasteiger partial charge in [0.15, 0.2) is 0 Å². The number of unbranched alkanes of at least 4 members (excludes halogenated alkanes) is 1. The number of rotatable bonds is 7. The number of carbonyl (C=O) groups excluding carboxylic acids is 1. The number of carbonyl (C=O) groups is 1. The summed E-state index contributed by atoms with van der Waals surface area (Å²) in [4.78, 5) is 15.1. The molecule has 1 saturated heterocycles. The highest BCUT2D eigenvalue weighted by atomic mass is 16.5. The molecule has 0 N–H and O–H groups in total. The molecule has 27 heavy (non-hydrogen) atoms. The predicted octanol–water partition coefficient (Wildman–Crippen LogP) is 3.74. The third-order valence-corrected chi connectivity index (χ3v) is 5.57. The van der Waals surface area contributed by atoms with Crippen molar-refractivity contribution in [1.82, 2.24) is 14.7 Å². The monoisotopic (exact) mass is 367 g/mol. The van der Waals surface area contributed by atoms with E-state index in [1.165, 1.54) is 18.4 Å². The van der Waals surface area contributed by atoms with Gasteiger partial charge < -0.3 is 9.64 Å². The lowest BCUT2D eigenvalue weighted by Crippen LogP contribution is -2.50. The minimum atomic E-state index is 0.0877. The van der Waals surface area contributed by atoms with E-state index in [0.717, 1.165) is 25.8 Å². The third-order valence-electron chi connectivity index (χ3n) is 5.57. The Morgan fingerprint density at radius 2 is 2.04 bits per heavy atom. The molecule has 2 atom stereocenters. The van der Waals surface area contributed by atoms with Crippen LogP contribution in [0.5, 0.6) is 0 Å². The quantitative estimate of drug-likeness (QED) is 0.749. The minimum absolute atomic E-state index is 0.0877. The van der Waals surface area contributed by atoms with E-state index in [-0.39, 0.29) is 18.1 Å². The van der Waals surface area contributed by atoms with Gasteiger partial charge in [-0.05, 0) is 30.7 Å². The second-order valence-electron chi connectivity index (χ2n) is 7.90. The average Bonchev–Trinajstić information content (AvgIpc) is 3.46. The molecule has 0 unspecified atom stereocenters. The molecule has 0 bridgehead atoms. The average molecular weight is 367 g/mol. The number of hydrogen-bond acceptors (Lipinski definition) is 3. The number of ether oxygens (including phenoxy) is 1. The zero-order valence-corrected chi connectivity index (χ0v) is 16.1. The molecule has 2 fully saturated rings. The first kappa shape index (κ1) is 18.2. The maximum Gasteiger partial charge on any atom is 0.257 e. The molecule has 4 rings (SSSR count). The van der Waals surface area contributed by atoms with Crippen molar-refractivity contribution in [2.75, 3.05) is 13.1 Å². The molecule has 1 aliphatic heterocycles. The Labute approximate surface area is 161 Å². The molecule has 1 aliphatic carbocycles. The molecule has 0 spiro atoms. The fraction of sp³-hybridized carbons (Fsp3) is 0.545. The highest BCUT2D eigenvalue weighted by molar-refractivity contribution is 5.93. The number of aromatic nitrogens is 2. The van der Waals surface area contributed by atoms with E-state index in [0.29, 0.717) is 24.6 Å². The zero-order valence-electron chi connectivity index (χ0n) is 16.1. The zero-order chi connectivity index (χ0) is 18.6. The highest BCUT2D eigenvalue weighted by Gasteiger charge is 2.39. The molecule has 2 aliphatic rings. The van der Waals surface area contributed by atoms with Crippen molar-refractivity contribution >= 4 is 5.91 Å². The maximum absolute atomic E-state index is 13.1. The van der Waals surface area contributed by atoms with Gasteiger partial charge in [-0.2, -0.15) is 5.10 Å². The van der Waals surface area contributed by atoms with Gasteiger partial charge in [0.2, 0.25) is 0 Å². The number of amides is 1. The lowest BCUT2D eigenvalue weighted by molar-refractivity contribution is -0.0874. The van der Waals surface area contributed by atoms with E-state index < -0.39 is 0 Å². The van der Waals surface area contributed by atoms with Gasteiger partial charge in [0, 0.05) is 19.3 Å². The summed E-state index contributed by atoms with van der Waals surface area (Å²) >= 11 is 0. The van der Waals surface area contributed by atoms with E-state index in [9.17, 15) is 4.79 Å². The summed E-state index contributed by atoms with van der Waals surface area (Å²) in [6.07, 6.45) is 9.79. The SMILES string of the molecule is CCCC[C@@H]1CN(C(=O)c2cnn(Cc3ccccc3)c2)C[C@H](C2CC2)O1. The lowest BCUT2D eigenvalue weighted by atomic mass is 10.1.